The van der Waals surface area contributed by atoms with Gasteiger partial charge in [-0.05, 0) is 18.2 Å². The number of carboxylic acids is 2. The average molecular weight is 303 g/mol. The smallest absolute Gasteiger partial charge is 0.335 e. The summed E-state index contributed by atoms with van der Waals surface area (Å²) in [5.41, 5.74) is -0.776. The molecule has 0 amide bonds. The van der Waals surface area contributed by atoms with Gasteiger partial charge in [-0.3, -0.25) is 4.72 Å². The second-order valence-corrected chi connectivity index (χ2v) is 5.66. The molecule has 0 spiro atoms. The van der Waals surface area contributed by atoms with Crippen molar-refractivity contribution >= 4 is 27.6 Å². The Bertz CT molecular complexity index is 591. The number of rotatable bonds is 7. The zero-order valence-corrected chi connectivity index (χ0v) is 11.3. The maximum Gasteiger partial charge on any atom is 0.335 e. The van der Waals surface area contributed by atoms with Gasteiger partial charge in [0.2, 0.25) is 10.0 Å². The maximum absolute atomic E-state index is 11.6. The molecule has 0 radical (unpaired) electrons. The highest BCUT2D eigenvalue weighted by Gasteiger charge is 2.15. The lowest BCUT2D eigenvalue weighted by molar-refractivity contribution is 0.0696. The third kappa shape index (κ3) is 4.52. The summed E-state index contributed by atoms with van der Waals surface area (Å²) in [6.07, 6.45) is 0. The molecule has 1 rings (SSSR count). The highest BCUT2D eigenvalue weighted by atomic mass is 32.2. The Kier molecular flexibility index (Phi) is 5.06. The van der Waals surface area contributed by atoms with Crippen LogP contribution >= 0.6 is 0 Å². The van der Waals surface area contributed by atoms with E-state index in [-0.39, 0.29) is 29.2 Å². The minimum absolute atomic E-state index is 0.0419. The van der Waals surface area contributed by atoms with E-state index in [9.17, 15) is 18.0 Å². The number of hydrogen-bond acceptors (Lipinski definition) is 5. The number of hydrogen-bond donors (Lipinski definition) is 3. The van der Waals surface area contributed by atoms with Crippen LogP contribution in [-0.4, -0.2) is 50.0 Å². The fourth-order valence-electron chi connectivity index (χ4n) is 1.36. The SMILES string of the molecule is COCCS(=O)(=O)Nc1cc(C(=O)O)cc(C(=O)O)c1. The Hall–Kier alpha value is -2.13. The van der Waals surface area contributed by atoms with Gasteiger partial charge in [0.25, 0.3) is 0 Å². The molecular weight excluding hydrogens is 290 g/mol. The first-order chi connectivity index (χ1) is 9.25. The first kappa shape index (κ1) is 15.9. The summed E-state index contributed by atoms with van der Waals surface area (Å²) in [6, 6.07) is 3.02. The monoisotopic (exact) mass is 303 g/mol. The standard InChI is InChI=1S/C11H13NO7S/c1-19-2-3-20(17,18)12-9-5-7(10(13)14)4-8(6-9)11(15)16/h4-6,12H,2-3H2,1H3,(H,13,14)(H,15,16). The van der Waals surface area contributed by atoms with E-state index in [1.165, 1.54) is 7.11 Å². The predicted molar refractivity (Wildman–Crippen MR) is 69.6 cm³/mol. The molecule has 0 atom stereocenters. The molecule has 9 heteroatoms. The minimum atomic E-state index is -3.74. The Morgan fingerprint density at radius 3 is 2.05 bits per heavy atom. The molecule has 0 saturated heterocycles. The molecule has 0 bridgehead atoms. The molecule has 20 heavy (non-hydrogen) atoms. The third-order valence-corrected chi connectivity index (χ3v) is 3.51. The largest absolute Gasteiger partial charge is 0.478 e. The lowest BCUT2D eigenvalue weighted by atomic mass is 10.1. The second-order valence-electron chi connectivity index (χ2n) is 3.82. The average Bonchev–Trinajstić information content (AvgIpc) is 2.35. The van der Waals surface area contributed by atoms with E-state index in [2.05, 4.69) is 9.46 Å². The van der Waals surface area contributed by atoms with Crippen molar-refractivity contribution in [1.29, 1.82) is 0 Å². The van der Waals surface area contributed by atoms with Crippen LogP contribution in [0.4, 0.5) is 5.69 Å². The van der Waals surface area contributed by atoms with Gasteiger partial charge in [0.15, 0.2) is 0 Å². The van der Waals surface area contributed by atoms with Crippen LogP contribution in [0, 0.1) is 0 Å². The summed E-state index contributed by atoms with van der Waals surface area (Å²) in [5, 5.41) is 17.7. The number of carbonyl (C=O) groups is 2. The highest BCUT2D eigenvalue weighted by molar-refractivity contribution is 7.92. The van der Waals surface area contributed by atoms with Gasteiger partial charge in [-0.2, -0.15) is 0 Å². The molecule has 1 aromatic carbocycles. The van der Waals surface area contributed by atoms with Crippen molar-refractivity contribution in [3.63, 3.8) is 0 Å². The number of anilines is 1. The molecule has 0 fully saturated rings. The van der Waals surface area contributed by atoms with Crippen LogP contribution in [-0.2, 0) is 14.8 Å². The molecule has 0 saturated carbocycles. The number of nitrogens with one attached hydrogen (secondary N) is 1. The molecule has 1 aromatic rings. The van der Waals surface area contributed by atoms with Crippen molar-refractivity contribution in [3.05, 3.63) is 29.3 Å². The number of methoxy groups -OCH3 is 1. The molecular formula is C11H13NO7S. The van der Waals surface area contributed by atoms with Crippen molar-refractivity contribution in [3.8, 4) is 0 Å². The van der Waals surface area contributed by atoms with E-state index >= 15 is 0 Å². The number of benzene rings is 1. The molecule has 110 valence electrons. The van der Waals surface area contributed by atoms with Gasteiger partial charge in [0, 0.05) is 7.11 Å². The molecule has 0 aliphatic heterocycles. The van der Waals surface area contributed by atoms with Gasteiger partial charge in [-0.25, -0.2) is 18.0 Å². The van der Waals surface area contributed by atoms with Crippen LogP contribution in [0.2, 0.25) is 0 Å². The molecule has 8 nitrogen and oxygen atoms in total. The summed E-state index contributed by atoms with van der Waals surface area (Å²) in [4.78, 5) is 21.8. The predicted octanol–water partition coefficient (Wildman–Crippen LogP) is 0.471. The molecule has 0 heterocycles. The van der Waals surface area contributed by atoms with E-state index < -0.39 is 22.0 Å². The lowest BCUT2D eigenvalue weighted by Gasteiger charge is -2.09. The van der Waals surface area contributed by atoms with Crippen LogP contribution in [0.15, 0.2) is 18.2 Å². The molecule has 0 unspecified atom stereocenters. The zero-order chi connectivity index (χ0) is 15.3. The van der Waals surface area contributed by atoms with Crippen LogP contribution < -0.4 is 4.72 Å². The molecule has 3 N–H and O–H groups in total. The van der Waals surface area contributed by atoms with E-state index in [1.807, 2.05) is 0 Å². The summed E-state index contributed by atoms with van der Waals surface area (Å²) in [7, 11) is -2.41. The topological polar surface area (TPSA) is 130 Å². The number of aromatic carboxylic acids is 2. The van der Waals surface area contributed by atoms with Crippen molar-refractivity contribution in [1.82, 2.24) is 0 Å². The van der Waals surface area contributed by atoms with Gasteiger partial charge in [0.05, 0.1) is 29.2 Å². The fourth-order valence-corrected chi connectivity index (χ4v) is 2.32. The Morgan fingerprint density at radius 2 is 1.65 bits per heavy atom. The Labute approximate surface area is 115 Å². The molecule has 0 aliphatic carbocycles. The normalized spacial score (nSPS) is 11.1. The summed E-state index contributed by atoms with van der Waals surface area (Å²) in [6.45, 7) is -0.0419. The number of carboxylic acid groups (broad SMARTS) is 2. The lowest BCUT2D eigenvalue weighted by Crippen LogP contribution is -2.20. The van der Waals surface area contributed by atoms with E-state index in [0.29, 0.717) is 0 Å². The summed E-state index contributed by atoms with van der Waals surface area (Å²) >= 11 is 0. The van der Waals surface area contributed by atoms with Crippen LogP contribution in [0.1, 0.15) is 20.7 Å². The van der Waals surface area contributed by atoms with Crippen molar-refractivity contribution in [2.45, 2.75) is 0 Å². The maximum atomic E-state index is 11.6. The minimum Gasteiger partial charge on any atom is -0.478 e. The van der Waals surface area contributed by atoms with E-state index in [1.54, 1.807) is 0 Å². The Morgan fingerprint density at radius 1 is 1.15 bits per heavy atom. The van der Waals surface area contributed by atoms with Crippen molar-refractivity contribution in [2.24, 2.45) is 0 Å². The first-order valence-corrected chi connectivity index (χ1v) is 7.01. The zero-order valence-electron chi connectivity index (χ0n) is 10.5. The third-order valence-electron chi connectivity index (χ3n) is 2.26. The van der Waals surface area contributed by atoms with Gasteiger partial charge < -0.3 is 14.9 Å². The first-order valence-electron chi connectivity index (χ1n) is 5.36. The van der Waals surface area contributed by atoms with Gasteiger partial charge in [0.1, 0.15) is 0 Å². The van der Waals surface area contributed by atoms with Crippen molar-refractivity contribution < 1.29 is 33.0 Å². The molecule has 0 aliphatic rings. The van der Waals surface area contributed by atoms with Gasteiger partial charge in [-0.15, -0.1) is 0 Å². The van der Waals surface area contributed by atoms with E-state index in [0.717, 1.165) is 18.2 Å². The number of sulfonamides is 1. The Balaban J connectivity index is 3.11. The number of ether oxygens (including phenoxy) is 1. The highest BCUT2D eigenvalue weighted by Crippen LogP contribution is 2.17. The fraction of sp³-hybridized carbons (Fsp3) is 0.273. The summed E-state index contributed by atoms with van der Waals surface area (Å²) < 4.78 is 30.0. The van der Waals surface area contributed by atoms with Crippen LogP contribution in [0.25, 0.3) is 0 Å². The van der Waals surface area contributed by atoms with Crippen LogP contribution in [0.5, 0.6) is 0 Å². The van der Waals surface area contributed by atoms with Gasteiger partial charge >= 0.3 is 11.9 Å². The molecule has 0 aromatic heterocycles. The van der Waals surface area contributed by atoms with E-state index in [4.69, 9.17) is 10.2 Å². The van der Waals surface area contributed by atoms with Crippen molar-refractivity contribution in [2.75, 3.05) is 24.2 Å². The van der Waals surface area contributed by atoms with Crippen LogP contribution in [0.3, 0.4) is 0 Å². The summed E-state index contributed by atoms with van der Waals surface area (Å²) in [5.74, 6) is -3.04. The second kappa shape index (κ2) is 6.35. The van der Waals surface area contributed by atoms with Gasteiger partial charge in [-0.1, -0.05) is 0 Å². The quantitative estimate of drug-likeness (QED) is 0.667.